The Morgan fingerprint density at radius 1 is 0.943 bits per heavy atom. The van der Waals surface area contributed by atoms with E-state index in [1.807, 2.05) is 54.6 Å². The molecule has 0 aromatic heterocycles. The van der Waals surface area contributed by atoms with Crippen LogP contribution in [0.15, 0.2) is 83.8 Å². The number of para-hydroxylation sites is 2. The molecular weight excluding hydrogens is 466 g/mol. The average Bonchev–Trinajstić information content (AvgIpc) is 2.92. The van der Waals surface area contributed by atoms with Crippen LogP contribution in [0.2, 0.25) is 0 Å². The maximum Gasteiger partial charge on any atom is 0.247 e. The number of morpholine rings is 1. The summed E-state index contributed by atoms with van der Waals surface area (Å²) in [4.78, 5) is 15.5. The van der Waals surface area contributed by atoms with Gasteiger partial charge >= 0.3 is 0 Å². The van der Waals surface area contributed by atoms with Gasteiger partial charge in [0.2, 0.25) is 15.9 Å². The van der Waals surface area contributed by atoms with Crippen molar-refractivity contribution in [1.82, 2.24) is 4.31 Å². The maximum absolute atomic E-state index is 13.5. The first-order valence-corrected chi connectivity index (χ1v) is 13.0. The summed E-state index contributed by atoms with van der Waals surface area (Å²) >= 11 is 0. The largest absolute Gasteiger partial charge is 0.489 e. The summed E-state index contributed by atoms with van der Waals surface area (Å²) in [6.45, 7) is 1.77. The molecule has 0 saturated carbocycles. The summed E-state index contributed by atoms with van der Waals surface area (Å²) in [5.74, 6) is 0.516. The number of sulfonamides is 1. The molecule has 9 heteroatoms. The van der Waals surface area contributed by atoms with Crippen LogP contribution in [0.5, 0.6) is 5.75 Å². The van der Waals surface area contributed by atoms with E-state index in [-0.39, 0.29) is 23.4 Å². The molecular formula is C26H27N3O5S. The van der Waals surface area contributed by atoms with Crippen LogP contribution in [0, 0.1) is 0 Å². The second-order valence-electron chi connectivity index (χ2n) is 8.37. The third kappa shape index (κ3) is 4.88. The summed E-state index contributed by atoms with van der Waals surface area (Å²) in [6.07, 6.45) is 0. The van der Waals surface area contributed by atoms with E-state index < -0.39 is 10.0 Å². The highest BCUT2D eigenvalue weighted by Gasteiger charge is 2.33. The number of nitrogens with zero attached hydrogens (tertiary/aromatic N) is 2. The monoisotopic (exact) mass is 493 g/mol. The summed E-state index contributed by atoms with van der Waals surface area (Å²) in [7, 11) is -3.63. The number of carbonyl (C=O) groups excluding carboxylic acids is 1. The maximum atomic E-state index is 13.5. The van der Waals surface area contributed by atoms with Crippen molar-refractivity contribution >= 4 is 27.3 Å². The predicted octanol–water partition coefficient (Wildman–Crippen LogP) is 3.29. The van der Waals surface area contributed by atoms with Gasteiger partial charge in [0.15, 0.2) is 0 Å². The minimum Gasteiger partial charge on any atom is -0.489 e. The lowest BCUT2D eigenvalue weighted by Crippen LogP contribution is -2.43. The second kappa shape index (κ2) is 10.1. The Morgan fingerprint density at radius 2 is 1.69 bits per heavy atom. The number of anilines is 2. The molecule has 35 heavy (non-hydrogen) atoms. The number of carbonyl (C=O) groups is 1. The molecule has 2 aliphatic heterocycles. The number of hydrogen-bond acceptors (Lipinski definition) is 6. The fourth-order valence-corrected chi connectivity index (χ4v) is 5.84. The van der Waals surface area contributed by atoms with Gasteiger partial charge in [-0.1, -0.05) is 48.5 Å². The van der Waals surface area contributed by atoms with Crippen LogP contribution in [-0.2, 0) is 19.6 Å². The molecule has 0 unspecified atom stereocenters. The van der Waals surface area contributed by atoms with E-state index in [0.29, 0.717) is 50.0 Å². The van der Waals surface area contributed by atoms with Gasteiger partial charge in [-0.15, -0.1) is 0 Å². The standard InChI is InChI=1S/C26H27N3O5S/c30-26(18-27-21-9-6-10-22(17-21)35(31,32)28-13-15-33-16-14-28)29-23-11-4-5-12-25(23)34-19-24(29)20-7-2-1-3-8-20/h1-12,17,24,27H,13-16,18-19H2/t24-/m0/s1. The van der Waals surface area contributed by atoms with E-state index in [1.165, 1.54) is 4.31 Å². The summed E-state index contributed by atoms with van der Waals surface area (Å²) < 4.78 is 38.7. The van der Waals surface area contributed by atoms with Gasteiger partial charge < -0.3 is 14.8 Å². The van der Waals surface area contributed by atoms with Crippen molar-refractivity contribution in [1.29, 1.82) is 0 Å². The molecule has 1 amide bonds. The first kappa shape index (κ1) is 23.3. The van der Waals surface area contributed by atoms with Crippen molar-refractivity contribution in [3.63, 3.8) is 0 Å². The zero-order valence-electron chi connectivity index (χ0n) is 19.2. The minimum absolute atomic E-state index is 0.00127. The third-order valence-electron chi connectivity index (χ3n) is 6.17. The Kier molecular flexibility index (Phi) is 6.72. The van der Waals surface area contributed by atoms with Crippen LogP contribution in [0.25, 0.3) is 0 Å². The number of nitrogens with one attached hydrogen (secondary N) is 1. The van der Waals surface area contributed by atoms with Gasteiger partial charge in [0.1, 0.15) is 12.4 Å². The van der Waals surface area contributed by atoms with Gasteiger partial charge in [0, 0.05) is 18.8 Å². The fourth-order valence-electron chi connectivity index (χ4n) is 4.38. The molecule has 1 fully saturated rings. The van der Waals surface area contributed by atoms with Crippen LogP contribution >= 0.6 is 0 Å². The number of ether oxygens (including phenoxy) is 2. The van der Waals surface area contributed by atoms with Gasteiger partial charge in [0.05, 0.1) is 36.4 Å². The zero-order valence-corrected chi connectivity index (χ0v) is 20.0. The van der Waals surface area contributed by atoms with E-state index in [2.05, 4.69) is 5.32 Å². The zero-order chi connectivity index (χ0) is 24.3. The molecule has 0 aliphatic carbocycles. The van der Waals surface area contributed by atoms with Crippen molar-refractivity contribution in [3.05, 3.63) is 84.4 Å². The van der Waals surface area contributed by atoms with Gasteiger partial charge in [-0.3, -0.25) is 9.69 Å². The highest BCUT2D eigenvalue weighted by atomic mass is 32.2. The molecule has 1 N–H and O–H groups in total. The Morgan fingerprint density at radius 3 is 2.49 bits per heavy atom. The SMILES string of the molecule is O=C(CNc1cccc(S(=O)(=O)N2CCOCC2)c1)N1c2ccccc2OC[C@H]1c1ccccc1. The van der Waals surface area contributed by atoms with Gasteiger partial charge in [0.25, 0.3) is 0 Å². The highest BCUT2D eigenvalue weighted by molar-refractivity contribution is 7.89. The van der Waals surface area contributed by atoms with Crippen molar-refractivity contribution < 1.29 is 22.7 Å². The van der Waals surface area contributed by atoms with Crippen LogP contribution in [0.4, 0.5) is 11.4 Å². The van der Waals surface area contributed by atoms with Crippen molar-refractivity contribution in [2.45, 2.75) is 10.9 Å². The number of hydrogen-bond donors (Lipinski definition) is 1. The van der Waals surface area contributed by atoms with Crippen molar-refractivity contribution in [3.8, 4) is 5.75 Å². The van der Waals surface area contributed by atoms with E-state index >= 15 is 0 Å². The molecule has 1 saturated heterocycles. The van der Waals surface area contributed by atoms with Gasteiger partial charge in [-0.05, 0) is 35.9 Å². The third-order valence-corrected chi connectivity index (χ3v) is 8.07. The van der Waals surface area contributed by atoms with E-state index in [4.69, 9.17) is 9.47 Å². The molecule has 5 rings (SSSR count). The molecule has 0 radical (unpaired) electrons. The van der Waals surface area contributed by atoms with Crippen molar-refractivity contribution in [2.75, 3.05) is 49.7 Å². The summed E-state index contributed by atoms with van der Waals surface area (Å²) in [5, 5.41) is 3.12. The van der Waals surface area contributed by atoms with Gasteiger partial charge in [-0.2, -0.15) is 4.31 Å². The van der Waals surface area contributed by atoms with Crippen LogP contribution < -0.4 is 15.0 Å². The molecule has 2 aliphatic rings. The molecule has 3 aromatic carbocycles. The predicted molar refractivity (Wildman–Crippen MR) is 133 cm³/mol. The topological polar surface area (TPSA) is 88.2 Å². The Hall–Kier alpha value is -3.40. The average molecular weight is 494 g/mol. The quantitative estimate of drug-likeness (QED) is 0.567. The van der Waals surface area contributed by atoms with E-state index in [1.54, 1.807) is 29.2 Å². The normalized spacial score (nSPS) is 18.4. The second-order valence-corrected chi connectivity index (χ2v) is 10.3. The lowest BCUT2D eigenvalue weighted by atomic mass is 10.0. The van der Waals surface area contributed by atoms with Crippen LogP contribution in [-0.4, -0.2) is 58.1 Å². The van der Waals surface area contributed by atoms with Gasteiger partial charge in [-0.25, -0.2) is 8.42 Å². The van der Waals surface area contributed by atoms with Crippen molar-refractivity contribution in [2.24, 2.45) is 0 Å². The lowest BCUT2D eigenvalue weighted by molar-refractivity contribution is -0.117. The Labute approximate surface area is 205 Å². The molecule has 1 atom stereocenters. The first-order chi connectivity index (χ1) is 17.0. The number of fused-ring (bicyclic) bond motifs is 1. The highest BCUT2D eigenvalue weighted by Crippen LogP contribution is 2.39. The summed E-state index contributed by atoms with van der Waals surface area (Å²) in [6, 6.07) is 23.6. The molecule has 2 heterocycles. The van der Waals surface area contributed by atoms with Crippen LogP contribution in [0.3, 0.4) is 0 Å². The van der Waals surface area contributed by atoms with E-state index in [0.717, 1.165) is 5.56 Å². The number of benzene rings is 3. The Bertz CT molecular complexity index is 1290. The lowest BCUT2D eigenvalue weighted by Gasteiger charge is -2.37. The molecule has 0 spiro atoms. The molecule has 0 bridgehead atoms. The summed E-state index contributed by atoms with van der Waals surface area (Å²) in [5.41, 5.74) is 2.25. The fraction of sp³-hybridized carbons (Fsp3) is 0.269. The number of rotatable bonds is 6. The molecule has 3 aromatic rings. The molecule has 8 nitrogen and oxygen atoms in total. The number of amides is 1. The minimum atomic E-state index is -3.63. The van der Waals surface area contributed by atoms with Crippen LogP contribution in [0.1, 0.15) is 11.6 Å². The Balaban J connectivity index is 1.36. The first-order valence-electron chi connectivity index (χ1n) is 11.5. The van der Waals surface area contributed by atoms with E-state index in [9.17, 15) is 13.2 Å². The molecule has 182 valence electrons. The smallest absolute Gasteiger partial charge is 0.247 e.